The lowest BCUT2D eigenvalue weighted by atomic mass is 10.1. The summed E-state index contributed by atoms with van der Waals surface area (Å²) in [4.78, 5) is 6.97. The third-order valence-electron chi connectivity index (χ3n) is 1.94. The number of halogens is 3. The zero-order valence-corrected chi connectivity index (χ0v) is 8.48. The summed E-state index contributed by atoms with van der Waals surface area (Å²) in [5.41, 5.74) is 1.45. The predicted molar refractivity (Wildman–Crippen MR) is 54.2 cm³/mol. The minimum Gasteiger partial charge on any atom is -0.371 e. The number of alkyl halides is 3. The molecule has 0 aliphatic heterocycles. The highest BCUT2D eigenvalue weighted by Crippen LogP contribution is 2.21. The van der Waals surface area contributed by atoms with E-state index in [4.69, 9.17) is 0 Å². The van der Waals surface area contributed by atoms with Gasteiger partial charge in [-0.3, -0.25) is 0 Å². The molecular weight excluding hydrogens is 233 g/mol. The van der Waals surface area contributed by atoms with Gasteiger partial charge >= 0.3 is 12.4 Å². The number of ether oxygens (including phenoxy) is 1. The minimum absolute atomic E-state index is 0.625. The van der Waals surface area contributed by atoms with E-state index in [0.29, 0.717) is 5.56 Å². The van der Waals surface area contributed by atoms with Crippen molar-refractivity contribution in [2.75, 3.05) is 0 Å². The molecular formula is C11H7F3N2O. The van der Waals surface area contributed by atoms with Crippen molar-refractivity contribution >= 4 is 0 Å². The van der Waals surface area contributed by atoms with Crippen molar-refractivity contribution in [3.8, 4) is 17.1 Å². The third-order valence-corrected chi connectivity index (χ3v) is 1.94. The molecule has 0 spiro atoms. The Labute approximate surface area is 94.9 Å². The number of rotatable bonds is 2. The molecule has 0 atom stereocenters. The second kappa shape index (κ2) is 4.40. The van der Waals surface area contributed by atoms with Crippen LogP contribution >= 0.6 is 0 Å². The smallest absolute Gasteiger partial charge is 0.371 e. The molecule has 0 amide bonds. The molecule has 3 nitrogen and oxygen atoms in total. The summed E-state index contributed by atoms with van der Waals surface area (Å²) < 4.78 is 39.2. The molecule has 88 valence electrons. The standard InChI is InChI=1S/C11H7F3N2O/c12-11(13,14)17-10-15-6-9(7-16-10)8-4-2-1-3-5-8/h1-7H. The Balaban J connectivity index is 2.19. The van der Waals surface area contributed by atoms with Crippen LogP contribution in [0.3, 0.4) is 0 Å². The Kier molecular flexibility index (Phi) is 2.95. The van der Waals surface area contributed by atoms with Gasteiger partial charge < -0.3 is 4.74 Å². The van der Waals surface area contributed by atoms with Gasteiger partial charge in [0.15, 0.2) is 0 Å². The Hall–Kier alpha value is -2.11. The minimum atomic E-state index is -4.77. The first kappa shape index (κ1) is 11.4. The highest BCUT2D eigenvalue weighted by atomic mass is 19.4. The van der Waals surface area contributed by atoms with Gasteiger partial charge in [-0.2, -0.15) is 0 Å². The number of hydrogen-bond acceptors (Lipinski definition) is 3. The summed E-state index contributed by atoms with van der Waals surface area (Å²) in [5.74, 6) is 0. The quantitative estimate of drug-likeness (QED) is 0.809. The van der Waals surface area contributed by atoms with Crippen molar-refractivity contribution < 1.29 is 17.9 Å². The zero-order valence-electron chi connectivity index (χ0n) is 8.48. The Bertz CT molecular complexity index is 482. The van der Waals surface area contributed by atoms with E-state index in [1.165, 1.54) is 12.4 Å². The van der Waals surface area contributed by atoms with Crippen LogP contribution in [0.4, 0.5) is 13.2 Å². The largest absolute Gasteiger partial charge is 0.575 e. The average molecular weight is 240 g/mol. The molecule has 2 rings (SSSR count). The van der Waals surface area contributed by atoms with Crippen molar-refractivity contribution in [1.29, 1.82) is 0 Å². The van der Waals surface area contributed by atoms with Gasteiger partial charge in [-0.05, 0) is 5.56 Å². The summed E-state index contributed by atoms with van der Waals surface area (Å²) in [7, 11) is 0. The maximum absolute atomic E-state index is 11.9. The normalized spacial score (nSPS) is 11.2. The summed E-state index contributed by atoms with van der Waals surface area (Å²) in [6.45, 7) is 0. The molecule has 0 N–H and O–H groups in total. The fourth-order valence-electron chi connectivity index (χ4n) is 1.25. The summed E-state index contributed by atoms with van der Waals surface area (Å²) >= 11 is 0. The summed E-state index contributed by atoms with van der Waals surface area (Å²) in [5, 5.41) is 0. The third kappa shape index (κ3) is 3.17. The molecule has 1 aromatic carbocycles. The first-order valence-corrected chi connectivity index (χ1v) is 4.68. The van der Waals surface area contributed by atoms with E-state index >= 15 is 0 Å². The van der Waals surface area contributed by atoms with Crippen LogP contribution in [-0.4, -0.2) is 16.3 Å². The lowest BCUT2D eigenvalue weighted by Gasteiger charge is -2.06. The van der Waals surface area contributed by atoms with E-state index in [1.54, 1.807) is 0 Å². The summed E-state index contributed by atoms with van der Waals surface area (Å²) in [6.07, 6.45) is -2.21. The van der Waals surface area contributed by atoms with Crippen LogP contribution in [0.15, 0.2) is 42.7 Å². The molecule has 6 heteroatoms. The second-order valence-electron chi connectivity index (χ2n) is 3.17. The molecule has 1 aromatic heterocycles. The van der Waals surface area contributed by atoms with Gasteiger partial charge in [0.1, 0.15) is 0 Å². The monoisotopic (exact) mass is 240 g/mol. The van der Waals surface area contributed by atoms with Gasteiger partial charge in [0.2, 0.25) is 0 Å². The van der Waals surface area contributed by atoms with Gasteiger partial charge in [0, 0.05) is 18.0 Å². The fraction of sp³-hybridized carbons (Fsp3) is 0.0909. The lowest BCUT2D eigenvalue weighted by molar-refractivity contribution is -0.277. The van der Waals surface area contributed by atoms with E-state index in [9.17, 15) is 13.2 Å². The molecule has 0 saturated carbocycles. The summed E-state index contributed by atoms with van der Waals surface area (Å²) in [6, 6.07) is 8.37. The number of nitrogens with zero attached hydrogens (tertiary/aromatic N) is 2. The Morgan fingerprint density at radius 2 is 1.47 bits per heavy atom. The topological polar surface area (TPSA) is 35.0 Å². The van der Waals surface area contributed by atoms with Crippen LogP contribution in [0, 0.1) is 0 Å². The van der Waals surface area contributed by atoms with Gasteiger partial charge in [0.25, 0.3) is 0 Å². The highest BCUT2D eigenvalue weighted by Gasteiger charge is 2.32. The molecule has 1 heterocycles. The van der Waals surface area contributed by atoms with E-state index in [0.717, 1.165) is 5.56 Å². The molecule has 17 heavy (non-hydrogen) atoms. The molecule has 2 aromatic rings. The van der Waals surface area contributed by atoms with Gasteiger partial charge in [-0.25, -0.2) is 9.97 Å². The van der Waals surface area contributed by atoms with Crippen LogP contribution in [0.1, 0.15) is 0 Å². The maximum atomic E-state index is 11.9. The highest BCUT2D eigenvalue weighted by molar-refractivity contribution is 5.61. The van der Waals surface area contributed by atoms with E-state index in [2.05, 4.69) is 14.7 Å². The van der Waals surface area contributed by atoms with Crippen molar-refractivity contribution in [1.82, 2.24) is 9.97 Å². The number of aromatic nitrogens is 2. The van der Waals surface area contributed by atoms with Gasteiger partial charge in [-0.15, -0.1) is 13.2 Å². The molecule has 0 bridgehead atoms. The van der Waals surface area contributed by atoms with Crippen LogP contribution in [0.5, 0.6) is 6.01 Å². The predicted octanol–water partition coefficient (Wildman–Crippen LogP) is 3.04. The van der Waals surface area contributed by atoms with Crippen molar-refractivity contribution in [2.45, 2.75) is 6.36 Å². The number of hydrogen-bond donors (Lipinski definition) is 0. The van der Waals surface area contributed by atoms with Crippen molar-refractivity contribution in [3.05, 3.63) is 42.7 Å². The average Bonchev–Trinajstić information content (AvgIpc) is 2.29. The van der Waals surface area contributed by atoms with Gasteiger partial charge in [0.05, 0.1) is 0 Å². The molecule has 0 fully saturated rings. The SMILES string of the molecule is FC(F)(F)Oc1ncc(-c2ccccc2)cn1. The first-order valence-electron chi connectivity index (χ1n) is 4.68. The molecule has 0 saturated heterocycles. The lowest BCUT2D eigenvalue weighted by Crippen LogP contribution is -2.18. The second-order valence-corrected chi connectivity index (χ2v) is 3.17. The van der Waals surface area contributed by atoms with Crippen LogP contribution in [0.25, 0.3) is 11.1 Å². The molecule has 0 unspecified atom stereocenters. The van der Waals surface area contributed by atoms with Crippen molar-refractivity contribution in [3.63, 3.8) is 0 Å². The Morgan fingerprint density at radius 1 is 0.882 bits per heavy atom. The van der Waals surface area contributed by atoms with Gasteiger partial charge in [-0.1, -0.05) is 30.3 Å². The fourth-order valence-corrected chi connectivity index (χ4v) is 1.25. The van der Waals surface area contributed by atoms with Crippen LogP contribution in [0.2, 0.25) is 0 Å². The zero-order chi connectivity index (χ0) is 12.3. The first-order chi connectivity index (χ1) is 8.04. The Morgan fingerprint density at radius 3 is 2.00 bits per heavy atom. The van der Waals surface area contributed by atoms with E-state index < -0.39 is 12.4 Å². The number of benzene rings is 1. The maximum Gasteiger partial charge on any atom is 0.575 e. The molecule has 0 radical (unpaired) electrons. The van der Waals surface area contributed by atoms with E-state index in [-0.39, 0.29) is 0 Å². The van der Waals surface area contributed by atoms with E-state index in [1.807, 2.05) is 30.3 Å². The molecule has 0 aliphatic carbocycles. The van der Waals surface area contributed by atoms with Crippen molar-refractivity contribution in [2.24, 2.45) is 0 Å². The van der Waals surface area contributed by atoms with Crippen LogP contribution in [-0.2, 0) is 0 Å². The van der Waals surface area contributed by atoms with Crippen LogP contribution < -0.4 is 4.74 Å². The molecule has 0 aliphatic rings.